The second kappa shape index (κ2) is 3.62. The SMILES string of the molecule is CC(C)(C)C1CC(=O)N(C(=O)OO)C1=O. The van der Waals surface area contributed by atoms with Gasteiger partial charge in [0.25, 0.3) is 0 Å². The third-order valence-electron chi connectivity index (χ3n) is 2.45. The fraction of sp³-hybridized carbons (Fsp3) is 0.667. The second-order valence-electron chi connectivity index (χ2n) is 4.55. The molecule has 6 heteroatoms. The smallest absolute Gasteiger partial charge is 0.277 e. The maximum Gasteiger partial charge on any atom is 0.454 e. The summed E-state index contributed by atoms with van der Waals surface area (Å²) >= 11 is 0. The van der Waals surface area contributed by atoms with Gasteiger partial charge in [0.2, 0.25) is 11.8 Å². The summed E-state index contributed by atoms with van der Waals surface area (Å²) in [6.45, 7) is 5.41. The van der Waals surface area contributed by atoms with E-state index in [1.165, 1.54) is 0 Å². The number of amides is 3. The van der Waals surface area contributed by atoms with Crippen molar-refractivity contribution in [3.8, 4) is 0 Å². The van der Waals surface area contributed by atoms with E-state index in [1.807, 2.05) is 0 Å². The molecule has 1 unspecified atom stereocenters. The fourth-order valence-electron chi connectivity index (χ4n) is 1.54. The van der Waals surface area contributed by atoms with Crippen LogP contribution in [0.4, 0.5) is 4.79 Å². The Morgan fingerprint density at radius 3 is 2.33 bits per heavy atom. The number of nitrogens with zero attached hydrogens (tertiary/aromatic N) is 1. The molecule has 84 valence electrons. The van der Waals surface area contributed by atoms with E-state index in [9.17, 15) is 14.4 Å². The zero-order valence-electron chi connectivity index (χ0n) is 8.81. The molecule has 1 saturated heterocycles. The predicted molar refractivity (Wildman–Crippen MR) is 48.5 cm³/mol. The summed E-state index contributed by atoms with van der Waals surface area (Å²) in [6, 6.07) is 0. The van der Waals surface area contributed by atoms with Crippen LogP contribution in [0.1, 0.15) is 27.2 Å². The zero-order valence-corrected chi connectivity index (χ0v) is 8.81. The lowest BCUT2D eigenvalue weighted by Crippen LogP contribution is -2.38. The molecule has 0 aromatic rings. The Balaban J connectivity index is 2.94. The monoisotopic (exact) mass is 215 g/mol. The van der Waals surface area contributed by atoms with Gasteiger partial charge in [-0.15, -0.1) is 0 Å². The van der Waals surface area contributed by atoms with Crippen molar-refractivity contribution in [3.05, 3.63) is 0 Å². The lowest BCUT2D eigenvalue weighted by Gasteiger charge is -2.23. The number of carbonyl (C=O) groups is 3. The molecule has 3 amide bonds. The van der Waals surface area contributed by atoms with Gasteiger partial charge >= 0.3 is 6.09 Å². The molecule has 1 atom stereocenters. The van der Waals surface area contributed by atoms with Crippen LogP contribution >= 0.6 is 0 Å². The van der Waals surface area contributed by atoms with Crippen LogP contribution in [0.3, 0.4) is 0 Å². The van der Waals surface area contributed by atoms with Crippen molar-refractivity contribution in [3.63, 3.8) is 0 Å². The number of carbonyl (C=O) groups excluding carboxylic acids is 3. The summed E-state index contributed by atoms with van der Waals surface area (Å²) in [5.41, 5.74) is -0.406. The van der Waals surface area contributed by atoms with Gasteiger partial charge in [0.1, 0.15) is 0 Å². The Morgan fingerprint density at radius 1 is 1.47 bits per heavy atom. The number of likely N-dealkylation sites (tertiary alicyclic amines) is 1. The van der Waals surface area contributed by atoms with Crippen molar-refractivity contribution in [2.75, 3.05) is 0 Å². The van der Waals surface area contributed by atoms with E-state index in [-0.39, 0.29) is 6.42 Å². The molecule has 1 rings (SSSR count). The first kappa shape index (κ1) is 11.6. The van der Waals surface area contributed by atoms with Gasteiger partial charge in [-0.1, -0.05) is 20.8 Å². The van der Waals surface area contributed by atoms with Crippen LogP contribution in [0, 0.1) is 11.3 Å². The van der Waals surface area contributed by atoms with E-state index < -0.39 is 29.2 Å². The molecule has 1 aliphatic heterocycles. The van der Waals surface area contributed by atoms with Crippen molar-refractivity contribution >= 4 is 17.9 Å². The first-order chi connectivity index (χ1) is 6.79. The summed E-state index contributed by atoms with van der Waals surface area (Å²) in [7, 11) is 0. The minimum atomic E-state index is -1.34. The van der Waals surface area contributed by atoms with E-state index in [0.29, 0.717) is 4.90 Å². The topological polar surface area (TPSA) is 83.9 Å². The van der Waals surface area contributed by atoms with Gasteiger partial charge in [0.15, 0.2) is 0 Å². The summed E-state index contributed by atoms with van der Waals surface area (Å²) in [4.78, 5) is 37.6. The maximum atomic E-state index is 11.7. The minimum absolute atomic E-state index is 0.0303. The summed E-state index contributed by atoms with van der Waals surface area (Å²) < 4.78 is 0. The van der Waals surface area contributed by atoms with Crippen LogP contribution in [0.15, 0.2) is 0 Å². The van der Waals surface area contributed by atoms with Crippen LogP contribution in [0.2, 0.25) is 0 Å². The zero-order chi connectivity index (χ0) is 11.8. The number of hydrogen-bond donors (Lipinski definition) is 1. The highest BCUT2D eigenvalue weighted by Gasteiger charge is 2.48. The first-order valence-corrected chi connectivity index (χ1v) is 4.51. The van der Waals surface area contributed by atoms with Crippen LogP contribution < -0.4 is 0 Å². The first-order valence-electron chi connectivity index (χ1n) is 4.51. The third kappa shape index (κ3) is 1.99. The average molecular weight is 215 g/mol. The molecule has 1 heterocycles. The van der Waals surface area contributed by atoms with Crippen molar-refractivity contribution in [2.45, 2.75) is 27.2 Å². The number of imide groups is 3. The molecule has 0 aliphatic carbocycles. The van der Waals surface area contributed by atoms with Gasteiger partial charge < -0.3 is 0 Å². The Bertz CT molecular complexity index is 317. The van der Waals surface area contributed by atoms with Crippen LogP contribution in [0.5, 0.6) is 0 Å². The molecule has 0 aromatic heterocycles. The lowest BCUT2D eigenvalue weighted by molar-refractivity contribution is -0.190. The normalized spacial score (nSPS) is 22.1. The van der Waals surface area contributed by atoms with E-state index in [1.54, 1.807) is 20.8 Å². The Labute approximate surface area is 86.7 Å². The van der Waals surface area contributed by atoms with Gasteiger partial charge in [0.05, 0.1) is 5.92 Å². The van der Waals surface area contributed by atoms with Crippen LogP contribution in [-0.2, 0) is 14.5 Å². The van der Waals surface area contributed by atoms with E-state index in [4.69, 9.17) is 5.26 Å². The highest BCUT2D eigenvalue weighted by Crippen LogP contribution is 2.35. The van der Waals surface area contributed by atoms with Crippen molar-refractivity contribution in [2.24, 2.45) is 11.3 Å². The lowest BCUT2D eigenvalue weighted by atomic mass is 9.80. The molecule has 0 aromatic carbocycles. The van der Waals surface area contributed by atoms with Gasteiger partial charge in [-0.2, -0.15) is 10.2 Å². The van der Waals surface area contributed by atoms with E-state index >= 15 is 0 Å². The molecular weight excluding hydrogens is 202 g/mol. The molecule has 1 fully saturated rings. The van der Waals surface area contributed by atoms with Crippen LogP contribution in [0.25, 0.3) is 0 Å². The molecule has 6 nitrogen and oxygen atoms in total. The second-order valence-corrected chi connectivity index (χ2v) is 4.55. The highest BCUT2D eigenvalue weighted by atomic mass is 17.1. The van der Waals surface area contributed by atoms with Gasteiger partial charge in [-0.05, 0) is 5.41 Å². The van der Waals surface area contributed by atoms with Gasteiger partial charge in [-0.25, -0.2) is 4.79 Å². The third-order valence-corrected chi connectivity index (χ3v) is 2.45. The molecular formula is C9H13NO5. The van der Waals surface area contributed by atoms with Gasteiger partial charge in [0, 0.05) is 6.42 Å². The molecule has 15 heavy (non-hydrogen) atoms. The quantitative estimate of drug-likeness (QED) is 0.370. The molecule has 0 spiro atoms. The standard InChI is InChI=1S/C9H13NO5/c1-9(2,3)5-4-6(11)10(7(5)12)8(13)15-14/h5,14H,4H2,1-3H3. The molecule has 1 aliphatic rings. The largest absolute Gasteiger partial charge is 0.454 e. The Hall–Kier alpha value is -1.43. The van der Waals surface area contributed by atoms with Crippen molar-refractivity contribution in [1.29, 1.82) is 0 Å². The molecule has 0 radical (unpaired) electrons. The summed E-state index contributed by atoms with van der Waals surface area (Å²) in [6.07, 6.45) is -1.37. The van der Waals surface area contributed by atoms with Crippen molar-refractivity contribution in [1.82, 2.24) is 4.90 Å². The number of hydrogen-bond acceptors (Lipinski definition) is 5. The fourth-order valence-corrected chi connectivity index (χ4v) is 1.54. The average Bonchev–Trinajstić information content (AvgIpc) is 2.40. The van der Waals surface area contributed by atoms with Crippen molar-refractivity contribution < 1.29 is 24.5 Å². The summed E-state index contributed by atoms with van der Waals surface area (Å²) in [5, 5.41) is 8.12. The highest BCUT2D eigenvalue weighted by molar-refractivity contribution is 6.14. The molecule has 0 saturated carbocycles. The number of rotatable bonds is 0. The summed E-state index contributed by atoms with van der Waals surface area (Å²) in [5.74, 6) is -1.81. The Morgan fingerprint density at radius 2 is 2.00 bits per heavy atom. The maximum absolute atomic E-state index is 11.7. The van der Waals surface area contributed by atoms with Crippen LogP contribution in [-0.4, -0.2) is 28.1 Å². The van der Waals surface area contributed by atoms with E-state index in [0.717, 1.165) is 0 Å². The van der Waals surface area contributed by atoms with Gasteiger partial charge in [-0.3, -0.25) is 14.5 Å². The van der Waals surface area contributed by atoms with E-state index in [2.05, 4.69) is 4.89 Å². The Kier molecular flexibility index (Phi) is 2.81. The molecule has 1 N–H and O–H groups in total. The predicted octanol–water partition coefficient (Wildman–Crippen LogP) is 1.02. The molecule has 0 bridgehead atoms. The minimum Gasteiger partial charge on any atom is -0.277 e.